The SMILES string of the molecule is O=C1CCCCCN1CCC(=O)N1CCc2[nH]nc(-c3ccccc3)c2CC1. The highest BCUT2D eigenvalue weighted by Gasteiger charge is 2.24. The normalized spacial score (nSPS) is 17.8. The number of aromatic amines is 1. The average Bonchev–Trinajstić information content (AvgIpc) is 2.86. The van der Waals surface area contributed by atoms with Crippen molar-refractivity contribution in [1.29, 1.82) is 0 Å². The molecule has 0 aliphatic carbocycles. The number of benzene rings is 1. The maximum absolute atomic E-state index is 12.8. The molecule has 1 fully saturated rings. The van der Waals surface area contributed by atoms with Crippen molar-refractivity contribution in [2.75, 3.05) is 26.2 Å². The van der Waals surface area contributed by atoms with Gasteiger partial charge in [-0.2, -0.15) is 5.10 Å². The van der Waals surface area contributed by atoms with Gasteiger partial charge in [0.2, 0.25) is 11.8 Å². The van der Waals surface area contributed by atoms with Crippen molar-refractivity contribution in [3.8, 4) is 11.3 Å². The Morgan fingerprint density at radius 2 is 1.82 bits per heavy atom. The van der Waals surface area contributed by atoms with Crippen LogP contribution in [0.4, 0.5) is 0 Å². The maximum Gasteiger partial charge on any atom is 0.224 e. The molecule has 2 aromatic rings. The molecule has 4 rings (SSSR count). The first-order chi connectivity index (χ1) is 13.7. The fourth-order valence-corrected chi connectivity index (χ4v) is 4.23. The second kappa shape index (κ2) is 8.59. The van der Waals surface area contributed by atoms with Gasteiger partial charge >= 0.3 is 0 Å². The zero-order chi connectivity index (χ0) is 19.3. The number of nitrogens with zero attached hydrogens (tertiary/aromatic N) is 3. The summed E-state index contributed by atoms with van der Waals surface area (Å²) in [6.07, 6.45) is 5.79. The molecule has 1 aromatic heterocycles. The highest BCUT2D eigenvalue weighted by molar-refractivity contribution is 5.79. The number of amides is 2. The number of rotatable bonds is 4. The monoisotopic (exact) mass is 380 g/mol. The van der Waals surface area contributed by atoms with E-state index in [1.165, 1.54) is 5.56 Å². The second-order valence-corrected chi connectivity index (χ2v) is 7.72. The first kappa shape index (κ1) is 18.7. The number of fused-ring (bicyclic) bond motifs is 1. The van der Waals surface area contributed by atoms with Crippen LogP contribution in [-0.4, -0.2) is 58.0 Å². The van der Waals surface area contributed by atoms with Crippen molar-refractivity contribution in [2.24, 2.45) is 0 Å². The molecule has 2 amide bonds. The Bertz CT molecular complexity index is 830. The van der Waals surface area contributed by atoms with E-state index in [0.29, 0.717) is 32.5 Å². The summed E-state index contributed by atoms with van der Waals surface area (Å²) in [5.41, 5.74) is 4.47. The smallest absolute Gasteiger partial charge is 0.224 e. The van der Waals surface area contributed by atoms with E-state index in [0.717, 1.165) is 55.6 Å². The third kappa shape index (κ3) is 4.11. The third-order valence-corrected chi connectivity index (χ3v) is 5.88. The molecule has 0 spiro atoms. The molecule has 0 radical (unpaired) electrons. The molecule has 1 aromatic carbocycles. The van der Waals surface area contributed by atoms with Gasteiger partial charge in [0.25, 0.3) is 0 Å². The zero-order valence-electron chi connectivity index (χ0n) is 16.3. The number of hydrogen-bond acceptors (Lipinski definition) is 3. The van der Waals surface area contributed by atoms with Gasteiger partial charge in [-0.3, -0.25) is 14.7 Å². The van der Waals surface area contributed by atoms with Crippen molar-refractivity contribution >= 4 is 11.8 Å². The Morgan fingerprint density at radius 3 is 2.68 bits per heavy atom. The predicted octanol–water partition coefficient (Wildman–Crippen LogP) is 2.80. The highest BCUT2D eigenvalue weighted by atomic mass is 16.2. The molecule has 0 bridgehead atoms. The fraction of sp³-hybridized carbons (Fsp3) is 0.500. The van der Waals surface area contributed by atoms with Crippen LogP contribution in [0.2, 0.25) is 0 Å². The van der Waals surface area contributed by atoms with Crippen molar-refractivity contribution in [2.45, 2.75) is 44.9 Å². The number of H-pyrrole nitrogens is 1. The van der Waals surface area contributed by atoms with Crippen LogP contribution in [0.15, 0.2) is 30.3 Å². The van der Waals surface area contributed by atoms with E-state index < -0.39 is 0 Å². The van der Waals surface area contributed by atoms with Crippen LogP contribution >= 0.6 is 0 Å². The van der Waals surface area contributed by atoms with E-state index in [1.54, 1.807) is 0 Å². The molecule has 2 aliphatic heterocycles. The van der Waals surface area contributed by atoms with Gasteiger partial charge in [0.1, 0.15) is 0 Å². The molecule has 3 heterocycles. The van der Waals surface area contributed by atoms with Gasteiger partial charge in [-0.05, 0) is 19.3 Å². The summed E-state index contributed by atoms with van der Waals surface area (Å²) in [5.74, 6) is 0.353. The lowest BCUT2D eigenvalue weighted by Gasteiger charge is -2.24. The molecule has 28 heavy (non-hydrogen) atoms. The number of carbonyl (C=O) groups excluding carboxylic acids is 2. The van der Waals surface area contributed by atoms with Gasteiger partial charge < -0.3 is 9.80 Å². The minimum Gasteiger partial charge on any atom is -0.342 e. The van der Waals surface area contributed by atoms with E-state index in [4.69, 9.17) is 0 Å². The molecule has 6 heteroatoms. The van der Waals surface area contributed by atoms with Gasteiger partial charge in [-0.1, -0.05) is 36.8 Å². The van der Waals surface area contributed by atoms with Crippen LogP contribution in [0, 0.1) is 0 Å². The fourth-order valence-electron chi connectivity index (χ4n) is 4.23. The topological polar surface area (TPSA) is 69.3 Å². The molecule has 6 nitrogen and oxygen atoms in total. The second-order valence-electron chi connectivity index (χ2n) is 7.72. The molecule has 2 aliphatic rings. The molecule has 1 N–H and O–H groups in total. The van der Waals surface area contributed by atoms with E-state index >= 15 is 0 Å². The van der Waals surface area contributed by atoms with Crippen LogP contribution in [0.3, 0.4) is 0 Å². The van der Waals surface area contributed by atoms with E-state index in [9.17, 15) is 9.59 Å². The van der Waals surface area contributed by atoms with Crippen molar-refractivity contribution in [3.05, 3.63) is 41.6 Å². The number of hydrogen-bond donors (Lipinski definition) is 1. The molecular weight excluding hydrogens is 352 g/mol. The molecular formula is C22H28N4O2. The lowest BCUT2D eigenvalue weighted by Crippen LogP contribution is -2.38. The number of aromatic nitrogens is 2. The Kier molecular flexibility index (Phi) is 5.74. The molecule has 1 saturated heterocycles. The number of nitrogens with one attached hydrogen (secondary N) is 1. The zero-order valence-corrected chi connectivity index (χ0v) is 16.3. The summed E-state index contributed by atoms with van der Waals surface area (Å²) in [4.78, 5) is 28.7. The molecule has 0 saturated carbocycles. The molecule has 0 atom stereocenters. The minimum absolute atomic E-state index is 0.149. The van der Waals surface area contributed by atoms with Crippen LogP contribution in [0.5, 0.6) is 0 Å². The molecule has 0 unspecified atom stereocenters. The summed E-state index contributed by atoms with van der Waals surface area (Å²) >= 11 is 0. The number of likely N-dealkylation sites (tertiary alicyclic amines) is 1. The minimum atomic E-state index is 0.149. The summed E-state index contributed by atoms with van der Waals surface area (Å²) in [7, 11) is 0. The van der Waals surface area contributed by atoms with E-state index in [1.807, 2.05) is 28.0 Å². The first-order valence-corrected chi connectivity index (χ1v) is 10.4. The third-order valence-electron chi connectivity index (χ3n) is 5.88. The maximum atomic E-state index is 12.8. The van der Waals surface area contributed by atoms with E-state index in [-0.39, 0.29) is 11.8 Å². The van der Waals surface area contributed by atoms with Crippen LogP contribution in [0.1, 0.15) is 43.4 Å². The Labute approximate surface area is 165 Å². The predicted molar refractivity (Wildman–Crippen MR) is 108 cm³/mol. The summed E-state index contributed by atoms with van der Waals surface area (Å²) in [5, 5.41) is 7.70. The van der Waals surface area contributed by atoms with Gasteiger partial charge in [0.05, 0.1) is 5.69 Å². The van der Waals surface area contributed by atoms with Crippen LogP contribution < -0.4 is 0 Å². The summed E-state index contributed by atoms with van der Waals surface area (Å²) in [6.45, 7) is 2.76. The van der Waals surface area contributed by atoms with Gasteiger partial charge in [-0.25, -0.2) is 0 Å². The van der Waals surface area contributed by atoms with Gasteiger partial charge in [0, 0.05) is 62.3 Å². The van der Waals surface area contributed by atoms with Gasteiger partial charge in [-0.15, -0.1) is 0 Å². The van der Waals surface area contributed by atoms with Crippen LogP contribution in [0.25, 0.3) is 11.3 Å². The number of carbonyl (C=O) groups is 2. The first-order valence-electron chi connectivity index (χ1n) is 10.4. The lowest BCUT2D eigenvalue weighted by atomic mass is 10.0. The average molecular weight is 380 g/mol. The molecule has 148 valence electrons. The lowest BCUT2D eigenvalue weighted by molar-refractivity contribution is -0.134. The van der Waals surface area contributed by atoms with Crippen molar-refractivity contribution in [1.82, 2.24) is 20.0 Å². The van der Waals surface area contributed by atoms with Gasteiger partial charge in [0.15, 0.2) is 0 Å². The van der Waals surface area contributed by atoms with Crippen molar-refractivity contribution in [3.63, 3.8) is 0 Å². The standard InChI is InChI=1S/C22H28N4O2/c27-20-9-5-2-6-13-25(20)16-12-21(28)26-14-10-18-19(11-15-26)23-24-22(18)17-7-3-1-4-8-17/h1,3-4,7-8H,2,5-6,9-16H2,(H,23,24). The Morgan fingerprint density at radius 1 is 1.00 bits per heavy atom. The van der Waals surface area contributed by atoms with E-state index in [2.05, 4.69) is 22.3 Å². The summed E-state index contributed by atoms with van der Waals surface area (Å²) < 4.78 is 0. The largest absolute Gasteiger partial charge is 0.342 e. The Hall–Kier alpha value is -2.63. The van der Waals surface area contributed by atoms with Crippen molar-refractivity contribution < 1.29 is 9.59 Å². The highest BCUT2D eigenvalue weighted by Crippen LogP contribution is 2.26. The Balaban J connectivity index is 1.37. The quantitative estimate of drug-likeness (QED) is 0.887. The van der Waals surface area contributed by atoms with Crippen LogP contribution in [-0.2, 0) is 22.4 Å². The summed E-state index contributed by atoms with van der Waals surface area (Å²) in [6, 6.07) is 10.2.